The maximum Gasteiger partial charge on any atom is 0.308 e. The average molecular weight is 423 g/mol. The molecule has 2 atom stereocenters. The molecule has 11 heteroatoms. The van der Waals surface area contributed by atoms with E-state index in [-0.39, 0.29) is 53.0 Å². The summed E-state index contributed by atoms with van der Waals surface area (Å²) in [6.45, 7) is 0. The van der Waals surface area contributed by atoms with Crippen LogP contribution in [-0.2, 0) is 4.79 Å². The SMILES string of the molecule is O=C(O)[C@H]1C2CCC(CC2)[C@@H]1Nc1nc(-c2[nH]nc3ncc(F)cc23)ncc1F.[Na]. The Balaban J connectivity index is 0.00000218. The number of hydrogen-bond donors (Lipinski definition) is 3. The van der Waals surface area contributed by atoms with E-state index in [0.717, 1.165) is 38.1 Å². The zero-order chi connectivity index (χ0) is 20.1. The smallest absolute Gasteiger partial charge is 0.308 e. The summed E-state index contributed by atoms with van der Waals surface area (Å²) in [5.41, 5.74) is 0.606. The number of fused-ring (bicyclic) bond motifs is 4. The van der Waals surface area contributed by atoms with Gasteiger partial charge in [0.15, 0.2) is 23.1 Å². The molecular formula is C19H18F2N6NaO2. The van der Waals surface area contributed by atoms with E-state index in [0.29, 0.717) is 16.7 Å². The largest absolute Gasteiger partial charge is 0.481 e. The number of carboxylic acids is 1. The number of nitrogens with zero attached hydrogens (tertiary/aromatic N) is 4. The Kier molecular flexibility index (Phi) is 5.73. The molecule has 0 aliphatic heterocycles. The zero-order valence-electron chi connectivity index (χ0n) is 16.3. The van der Waals surface area contributed by atoms with E-state index in [1.165, 1.54) is 6.07 Å². The summed E-state index contributed by atoms with van der Waals surface area (Å²) >= 11 is 0. The van der Waals surface area contributed by atoms with Crippen molar-refractivity contribution in [2.24, 2.45) is 17.8 Å². The van der Waals surface area contributed by atoms with Crippen molar-refractivity contribution < 1.29 is 18.7 Å². The standard InChI is InChI=1S/C19H18F2N6O2.Na/c20-10-5-11-15(26-27-16(11)22-6-10)18-23-7-12(21)17(25-18)24-14-9-3-1-8(2-4-9)13(14)19(28)29;/h5-9,13-14H,1-4H2,(H,28,29)(H,22,26,27)(H,23,24,25);/t8?,9?,13-,14-;/m0./s1. The molecule has 3 heterocycles. The molecule has 3 fully saturated rings. The number of anilines is 1. The quantitative estimate of drug-likeness (QED) is 0.552. The van der Waals surface area contributed by atoms with Gasteiger partial charge in [0.05, 0.1) is 23.7 Å². The van der Waals surface area contributed by atoms with Gasteiger partial charge >= 0.3 is 5.97 Å². The predicted molar refractivity (Wildman–Crippen MR) is 105 cm³/mol. The van der Waals surface area contributed by atoms with Gasteiger partial charge in [-0.2, -0.15) is 5.10 Å². The van der Waals surface area contributed by atoms with Crippen LogP contribution >= 0.6 is 0 Å². The molecular weight excluding hydrogens is 405 g/mol. The van der Waals surface area contributed by atoms with Gasteiger partial charge < -0.3 is 10.4 Å². The number of rotatable bonds is 4. The molecule has 0 spiro atoms. The van der Waals surface area contributed by atoms with Gasteiger partial charge in [-0.15, -0.1) is 0 Å². The minimum absolute atomic E-state index is 0. The first-order chi connectivity index (χ1) is 14.0. The summed E-state index contributed by atoms with van der Waals surface area (Å²) in [6, 6.07) is 0.858. The van der Waals surface area contributed by atoms with Crippen LogP contribution in [0.4, 0.5) is 14.6 Å². The topological polar surface area (TPSA) is 117 Å². The molecule has 6 rings (SSSR count). The number of carbonyl (C=O) groups is 1. The van der Waals surface area contributed by atoms with Crippen molar-refractivity contribution in [3.63, 3.8) is 0 Å². The van der Waals surface area contributed by atoms with E-state index in [9.17, 15) is 18.7 Å². The van der Waals surface area contributed by atoms with E-state index in [1.54, 1.807) is 0 Å². The van der Waals surface area contributed by atoms with Gasteiger partial charge in [-0.05, 0) is 43.6 Å². The molecule has 1 radical (unpaired) electrons. The predicted octanol–water partition coefficient (Wildman–Crippen LogP) is 2.61. The number of halogens is 2. The van der Waals surface area contributed by atoms with Gasteiger partial charge in [-0.25, -0.2) is 23.7 Å². The van der Waals surface area contributed by atoms with Gasteiger partial charge in [0.25, 0.3) is 0 Å². The molecule has 8 nitrogen and oxygen atoms in total. The number of pyridine rings is 1. The zero-order valence-corrected chi connectivity index (χ0v) is 18.3. The molecule has 0 saturated heterocycles. The maximum absolute atomic E-state index is 14.5. The third kappa shape index (κ3) is 3.57. The average Bonchev–Trinajstić information content (AvgIpc) is 3.13. The Morgan fingerprint density at radius 3 is 2.60 bits per heavy atom. The van der Waals surface area contributed by atoms with E-state index >= 15 is 0 Å². The van der Waals surface area contributed by atoms with Crippen LogP contribution in [0.5, 0.6) is 0 Å². The number of aromatic amines is 1. The van der Waals surface area contributed by atoms with Crippen LogP contribution in [0.15, 0.2) is 18.5 Å². The van der Waals surface area contributed by atoms with Gasteiger partial charge in [-0.3, -0.25) is 9.89 Å². The number of carboxylic acid groups (broad SMARTS) is 1. The number of H-pyrrole nitrogens is 1. The van der Waals surface area contributed by atoms with Crippen LogP contribution < -0.4 is 5.32 Å². The molecule has 3 aromatic rings. The molecule has 3 aliphatic rings. The van der Waals surface area contributed by atoms with Crippen LogP contribution in [0, 0.1) is 29.4 Å². The Morgan fingerprint density at radius 2 is 1.87 bits per heavy atom. The monoisotopic (exact) mass is 423 g/mol. The van der Waals surface area contributed by atoms with Crippen molar-refractivity contribution in [3.05, 3.63) is 30.1 Å². The third-order valence-electron chi connectivity index (χ3n) is 6.15. The summed E-state index contributed by atoms with van der Waals surface area (Å²) < 4.78 is 28.1. The Bertz CT molecular complexity index is 1100. The second-order valence-corrected chi connectivity index (χ2v) is 7.72. The van der Waals surface area contributed by atoms with E-state index in [1.807, 2.05) is 0 Å². The minimum atomic E-state index is -0.868. The van der Waals surface area contributed by atoms with Crippen molar-refractivity contribution in [3.8, 4) is 11.5 Å². The molecule has 0 aromatic carbocycles. The van der Waals surface area contributed by atoms with Crippen LogP contribution in [0.2, 0.25) is 0 Å². The summed E-state index contributed by atoms with van der Waals surface area (Å²) in [6.07, 6.45) is 5.67. The van der Waals surface area contributed by atoms with Crippen molar-refractivity contribution in [2.75, 3.05) is 5.32 Å². The molecule has 3 aromatic heterocycles. The molecule has 151 valence electrons. The summed E-state index contributed by atoms with van der Waals surface area (Å²) in [7, 11) is 0. The van der Waals surface area contributed by atoms with Crippen LogP contribution in [0.3, 0.4) is 0 Å². The van der Waals surface area contributed by atoms with Gasteiger partial charge in [0, 0.05) is 35.6 Å². The Hall–Kier alpha value is -2.17. The molecule has 3 N–H and O–H groups in total. The van der Waals surface area contributed by atoms with Crippen molar-refractivity contribution in [2.45, 2.75) is 31.7 Å². The van der Waals surface area contributed by atoms with Crippen molar-refractivity contribution in [1.82, 2.24) is 25.1 Å². The minimum Gasteiger partial charge on any atom is -0.481 e. The molecule has 3 aliphatic carbocycles. The van der Waals surface area contributed by atoms with E-state index in [4.69, 9.17) is 0 Å². The van der Waals surface area contributed by atoms with Gasteiger partial charge in [0.2, 0.25) is 0 Å². The van der Waals surface area contributed by atoms with Crippen molar-refractivity contribution >= 4 is 52.4 Å². The van der Waals surface area contributed by atoms with Gasteiger partial charge in [-0.1, -0.05) is 0 Å². The first-order valence-corrected chi connectivity index (χ1v) is 9.53. The Morgan fingerprint density at radius 1 is 1.13 bits per heavy atom. The van der Waals surface area contributed by atoms with Crippen LogP contribution in [0.1, 0.15) is 25.7 Å². The maximum atomic E-state index is 14.5. The second kappa shape index (κ2) is 8.16. The molecule has 0 unspecified atom stereocenters. The number of aromatic nitrogens is 5. The first-order valence-electron chi connectivity index (χ1n) is 9.53. The second-order valence-electron chi connectivity index (χ2n) is 7.72. The third-order valence-corrected chi connectivity index (χ3v) is 6.15. The summed E-state index contributed by atoms with van der Waals surface area (Å²) in [5.74, 6) is -2.35. The summed E-state index contributed by atoms with van der Waals surface area (Å²) in [4.78, 5) is 24.0. The first kappa shape index (κ1) is 21.1. The summed E-state index contributed by atoms with van der Waals surface area (Å²) in [5, 5.41) is 19.8. The normalized spacial score (nSPS) is 25.1. The van der Waals surface area contributed by atoms with E-state index in [2.05, 4.69) is 30.5 Å². The van der Waals surface area contributed by atoms with Gasteiger partial charge in [0.1, 0.15) is 11.5 Å². The molecule has 3 saturated carbocycles. The van der Waals surface area contributed by atoms with Crippen LogP contribution in [-0.4, -0.2) is 71.8 Å². The fourth-order valence-corrected chi connectivity index (χ4v) is 4.80. The molecule has 2 bridgehead atoms. The fraction of sp³-hybridized carbons (Fsp3) is 0.421. The van der Waals surface area contributed by atoms with Crippen LogP contribution in [0.25, 0.3) is 22.6 Å². The fourth-order valence-electron chi connectivity index (χ4n) is 4.80. The number of nitrogens with one attached hydrogen (secondary N) is 2. The van der Waals surface area contributed by atoms with E-state index < -0.39 is 29.6 Å². The number of hydrogen-bond acceptors (Lipinski definition) is 6. The van der Waals surface area contributed by atoms with Crippen molar-refractivity contribution in [1.29, 1.82) is 0 Å². The Labute approximate surface area is 192 Å². The molecule has 30 heavy (non-hydrogen) atoms. The number of aliphatic carboxylic acids is 1. The molecule has 0 amide bonds.